The lowest BCUT2D eigenvalue weighted by molar-refractivity contribution is -0.137. The van der Waals surface area contributed by atoms with Gasteiger partial charge in [-0.3, -0.25) is 0 Å². The third-order valence-corrected chi connectivity index (χ3v) is 5.71. The Labute approximate surface area is 189 Å². The molecule has 2 heterocycles. The molecule has 0 aliphatic rings. The second-order valence-electron chi connectivity index (χ2n) is 8.07. The molecule has 8 heteroatoms. The summed E-state index contributed by atoms with van der Waals surface area (Å²) in [6, 6.07) is 14.8. The largest absolute Gasteiger partial charge is 0.416 e. The number of hydrogen-bond acceptors (Lipinski definition) is 5. The number of halogens is 3. The van der Waals surface area contributed by atoms with Crippen LogP contribution in [0.25, 0.3) is 0 Å². The quantitative estimate of drug-likeness (QED) is 0.409. The monoisotopic (exact) mass is 452 g/mol. The average Bonchev–Trinajstić information content (AvgIpc) is 3.24. The zero-order valence-electron chi connectivity index (χ0n) is 18.2. The van der Waals surface area contributed by atoms with E-state index in [0.717, 1.165) is 28.8 Å². The molecular formula is C25H23F3N4O. The number of pyridine rings is 1. The maximum absolute atomic E-state index is 13.1. The van der Waals surface area contributed by atoms with E-state index >= 15 is 0 Å². The average molecular weight is 452 g/mol. The van der Waals surface area contributed by atoms with Crippen LogP contribution in [0.1, 0.15) is 51.0 Å². The first-order valence-electron chi connectivity index (χ1n) is 10.5. The number of nitrogens with zero attached hydrogens (tertiary/aromatic N) is 3. The van der Waals surface area contributed by atoms with Gasteiger partial charge in [0.2, 0.25) is 5.89 Å². The summed E-state index contributed by atoms with van der Waals surface area (Å²) in [6.45, 7) is 4.05. The first-order valence-corrected chi connectivity index (χ1v) is 10.5. The molecule has 170 valence electrons. The highest BCUT2D eigenvalue weighted by molar-refractivity contribution is 5.40. The summed E-state index contributed by atoms with van der Waals surface area (Å²) >= 11 is 0. The van der Waals surface area contributed by atoms with Crippen LogP contribution in [0.4, 0.5) is 19.0 Å². The highest BCUT2D eigenvalue weighted by atomic mass is 19.4. The van der Waals surface area contributed by atoms with Crippen molar-refractivity contribution < 1.29 is 17.7 Å². The minimum absolute atomic E-state index is 0.338. The third kappa shape index (κ3) is 5.22. The molecule has 0 aliphatic heterocycles. The number of aromatic nitrogens is 3. The number of hydrogen-bond donors (Lipinski definition) is 1. The van der Waals surface area contributed by atoms with E-state index < -0.39 is 17.7 Å². The summed E-state index contributed by atoms with van der Waals surface area (Å²) < 4.78 is 44.8. The molecule has 0 radical (unpaired) electrons. The number of aryl methyl sites for hydroxylation is 2. The van der Waals surface area contributed by atoms with Crippen LogP contribution in [-0.2, 0) is 19.0 Å². The second-order valence-corrected chi connectivity index (χ2v) is 8.07. The molecule has 2 aromatic heterocycles. The van der Waals surface area contributed by atoms with Gasteiger partial charge in [0.05, 0.1) is 11.5 Å². The zero-order chi connectivity index (χ0) is 23.6. The molecule has 1 atom stereocenters. The van der Waals surface area contributed by atoms with E-state index in [1.807, 2.05) is 32.0 Å². The predicted molar refractivity (Wildman–Crippen MR) is 119 cm³/mol. The second kappa shape index (κ2) is 9.05. The summed E-state index contributed by atoms with van der Waals surface area (Å²) in [5.41, 5.74) is 9.98. The van der Waals surface area contributed by atoms with Gasteiger partial charge in [0.1, 0.15) is 5.82 Å². The molecule has 33 heavy (non-hydrogen) atoms. The fourth-order valence-electron chi connectivity index (χ4n) is 3.67. The first-order chi connectivity index (χ1) is 15.7. The number of anilines is 1. The van der Waals surface area contributed by atoms with Gasteiger partial charge in [0, 0.05) is 18.2 Å². The first kappa shape index (κ1) is 22.5. The van der Waals surface area contributed by atoms with Crippen molar-refractivity contribution >= 4 is 5.82 Å². The van der Waals surface area contributed by atoms with Gasteiger partial charge in [-0.25, -0.2) is 4.98 Å². The Bertz CT molecular complexity index is 1250. The Kier molecular flexibility index (Phi) is 6.18. The van der Waals surface area contributed by atoms with Gasteiger partial charge in [0.15, 0.2) is 5.82 Å². The molecule has 0 saturated carbocycles. The van der Waals surface area contributed by atoms with E-state index in [0.29, 0.717) is 35.9 Å². The van der Waals surface area contributed by atoms with E-state index in [9.17, 15) is 13.2 Å². The van der Waals surface area contributed by atoms with Crippen molar-refractivity contribution in [2.75, 3.05) is 5.73 Å². The lowest BCUT2D eigenvalue weighted by Crippen LogP contribution is -2.09. The minimum atomic E-state index is -4.40. The van der Waals surface area contributed by atoms with Crippen molar-refractivity contribution in [1.82, 2.24) is 15.1 Å². The molecule has 2 aromatic carbocycles. The topological polar surface area (TPSA) is 77.8 Å². The lowest BCUT2D eigenvalue weighted by atomic mass is 9.90. The number of nitrogen functional groups attached to an aromatic ring is 1. The van der Waals surface area contributed by atoms with E-state index in [-0.39, 0.29) is 0 Å². The molecule has 0 saturated heterocycles. The van der Waals surface area contributed by atoms with Crippen LogP contribution in [0.2, 0.25) is 0 Å². The van der Waals surface area contributed by atoms with Crippen molar-refractivity contribution in [1.29, 1.82) is 0 Å². The standard InChI is InChI=1S/C25H23F3N4O/c1-15-5-6-17(12-16(15)2)13-21(18-7-9-20(10-8-18)25(26,27)28)24-31-22(32-33-24)14-19-4-3-11-30-23(19)29/h3-12,21H,13-14H2,1-2H3,(H2,29,30). The number of rotatable bonds is 6. The third-order valence-electron chi connectivity index (χ3n) is 5.71. The van der Waals surface area contributed by atoms with Gasteiger partial charge in [0.25, 0.3) is 0 Å². The number of benzene rings is 2. The molecule has 5 nitrogen and oxygen atoms in total. The highest BCUT2D eigenvalue weighted by Crippen LogP contribution is 2.33. The molecule has 0 bridgehead atoms. The van der Waals surface area contributed by atoms with Gasteiger partial charge in [-0.2, -0.15) is 18.2 Å². The number of nitrogens with two attached hydrogens (primary N) is 1. The molecule has 2 N–H and O–H groups in total. The summed E-state index contributed by atoms with van der Waals surface area (Å²) in [4.78, 5) is 8.61. The summed E-state index contributed by atoms with van der Waals surface area (Å²) in [5, 5.41) is 4.08. The van der Waals surface area contributed by atoms with Gasteiger partial charge in [-0.15, -0.1) is 0 Å². The van der Waals surface area contributed by atoms with Crippen molar-refractivity contribution in [2.24, 2.45) is 0 Å². The van der Waals surface area contributed by atoms with Crippen LogP contribution < -0.4 is 5.73 Å². The van der Waals surface area contributed by atoms with Gasteiger partial charge in [-0.1, -0.05) is 41.6 Å². The molecule has 0 fully saturated rings. The van der Waals surface area contributed by atoms with Crippen molar-refractivity contribution in [3.63, 3.8) is 0 Å². The zero-order valence-corrected chi connectivity index (χ0v) is 18.2. The van der Waals surface area contributed by atoms with Crippen LogP contribution in [0.3, 0.4) is 0 Å². The Morgan fingerprint density at radius 1 is 1.00 bits per heavy atom. The van der Waals surface area contributed by atoms with Gasteiger partial charge >= 0.3 is 6.18 Å². The SMILES string of the molecule is Cc1ccc(CC(c2ccc(C(F)(F)F)cc2)c2nc(Cc3cccnc3N)no2)cc1C. The van der Waals surface area contributed by atoms with Gasteiger partial charge < -0.3 is 10.3 Å². The van der Waals surface area contributed by atoms with Crippen LogP contribution in [0.5, 0.6) is 0 Å². The number of alkyl halides is 3. The lowest BCUT2D eigenvalue weighted by Gasteiger charge is -2.16. The fraction of sp³-hybridized carbons (Fsp3) is 0.240. The summed E-state index contributed by atoms with van der Waals surface area (Å²) in [6.07, 6.45) is -1.95. The van der Waals surface area contributed by atoms with Crippen LogP contribution in [0.15, 0.2) is 65.3 Å². The smallest absolute Gasteiger partial charge is 0.383 e. The molecule has 1 unspecified atom stereocenters. The van der Waals surface area contributed by atoms with Crippen molar-refractivity contribution in [3.8, 4) is 0 Å². The van der Waals surface area contributed by atoms with Gasteiger partial charge in [-0.05, 0) is 60.7 Å². The molecule has 0 amide bonds. The van der Waals surface area contributed by atoms with Crippen LogP contribution in [0, 0.1) is 13.8 Å². The fourth-order valence-corrected chi connectivity index (χ4v) is 3.67. The molecule has 0 spiro atoms. The van der Waals surface area contributed by atoms with Crippen molar-refractivity contribution in [2.45, 2.75) is 38.8 Å². The molecule has 4 rings (SSSR count). The summed E-state index contributed by atoms with van der Waals surface area (Å²) in [5.74, 6) is 0.757. The molecule has 4 aromatic rings. The maximum atomic E-state index is 13.1. The normalized spacial score (nSPS) is 12.6. The summed E-state index contributed by atoms with van der Waals surface area (Å²) in [7, 11) is 0. The minimum Gasteiger partial charge on any atom is -0.383 e. The van der Waals surface area contributed by atoms with E-state index in [2.05, 4.69) is 21.2 Å². The molecular weight excluding hydrogens is 429 g/mol. The van der Waals surface area contributed by atoms with E-state index in [1.165, 1.54) is 17.7 Å². The molecule has 0 aliphatic carbocycles. The van der Waals surface area contributed by atoms with Crippen molar-refractivity contribution in [3.05, 3.63) is 106 Å². The van der Waals surface area contributed by atoms with E-state index in [4.69, 9.17) is 10.3 Å². The van der Waals surface area contributed by atoms with E-state index in [1.54, 1.807) is 12.3 Å². The van der Waals surface area contributed by atoms with Crippen LogP contribution in [-0.4, -0.2) is 15.1 Å². The van der Waals surface area contributed by atoms with Crippen LogP contribution >= 0.6 is 0 Å². The maximum Gasteiger partial charge on any atom is 0.416 e. The Balaban J connectivity index is 1.67. The Morgan fingerprint density at radius 3 is 2.42 bits per heavy atom. The Morgan fingerprint density at radius 2 is 1.76 bits per heavy atom. The highest BCUT2D eigenvalue weighted by Gasteiger charge is 2.31. The Hall–Kier alpha value is -3.68. The predicted octanol–water partition coefficient (Wildman–Crippen LogP) is 5.65.